The van der Waals surface area contributed by atoms with E-state index < -0.39 is 0 Å². The van der Waals surface area contributed by atoms with E-state index >= 15 is 0 Å². The third-order valence-corrected chi connectivity index (χ3v) is 2.47. The van der Waals surface area contributed by atoms with E-state index in [1.807, 2.05) is 0 Å². The summed E-state index contributed by atoms with van der Waals surface area (Å²) >= 11 is 0. The SMILES string of the molecule is C=CC(=O)NCCCCCNC(=O)Cc1c[nH]nn1. The molecule has 0 aromatic carbocycles. The Balaban J connectivity index is 1.94. The van der Waals surface area contributed by atoms with E-state index in [9.17, 15) is 9.59 Å². The third kappa shape index (κ3) is 6.97. The zero-order valence-electron chi connectivity index (χ0n) is 10.8. The van der Waals surface area contributed by atoms with E-state index in [0.29, 0.717) is 18.8 Å². The molecule has 0 aliphatic carbocycles. The molecule has 0 atom stereocenters. The van der Waals surface area contributed by atoms with Crippen molar-refractivity contribution in [1.29, 1.82) is 0 Å². The average molecular weight is 265 g/mol. The van der Waals surface area contributed by atoms with E-state index in [2.05, 4.69) is 32.6 Å². The molecule has 2 amide bonds. The lowest BCUT2D eigenvalue weighted by Gasteiger charge is -2.04. The topological polar surface area (TPSA) is 99.8 Å². The zero-order valence-corrected chi connectivity index (χ0v) is 10.8. The summed E-state index contributed by atoms with van der Waals surface area (Å²) in [5, 5.41) is 15.3. The highest BCUT2D eigenvalue weighted by Crippen LogP contribution is 1.94. The second kappa shape index (κ2) is 8.84. The van der Waals surface area contributed by atoms with Crippen LogP contribution >= 0.6 is 0 Å². The van der Waals surface area contributed by atoms with Gasteiger partial charge in [0.15, 0.2) is 0 Å². The predicted molar refractivity (Wildman–Crippen MR) is 70.2 cm³/mol. The number of H-pyrrole nitrogens is 1. The molecule has 0 radical (unpaired) electrons. The van der Waals surface area contributed by atoms with Crippen molar-refractivity contribution in [2.75, 3.05) is 13.1 Å². The summed E-state index contributed by atoms with van der Waals surface area (Å²) in [6, 6.07) is 0. The van der Waals surface area contributed by atoms with Gasteiger partial charge in [-0.3, -0.25) is 14.7 Å². The van der Waals surface area contributed by atoms with Gasteiger partial charge in [-0.1, -0.05) is 11.8 Å². The number of nitrogens with one attached hydrogen (secondary N) is 3. The fourth-order valence-corrected chi connectivity index (χ4v) is 1.48. The fraction of sp³-hybridized carbons (Fsp3) is 0.500. The minimum Gasteiger partial charge on any atom is -0.356 e. The largest absolute Gasteiger partial charge is 0.356 e. The number of carbonyl (C=O) groups excluding carboxylic acids is 2. The molecule has 7 nitrogen and oxygen atoms in total. The Morgan fingerprint density at radius 1 is 1.26 bits per heavy atom. The van der Waals surface area contributed by atoms with E-state index in [0.717, 1.165) is 19.3 Å². The van der Waals surface area contributed by atoms with Crippen LogP contribution in [0.1, 0.15) is 25.0 Å². The monoisotopic (exact) mass is 265 g/mol. The number of hydrogen-bond donors (Lipinski definition) is 3. The van der Waals surface area contributed by atoms with Gasteiger partial charge in [0.1, 0.15) is 0 Å². The van der Waals surface area contributed by atoms with Crippen LogP contribution in [-0.4, -0.2) is 40.3 Å². The first kappa shape index (κ1) is 14.9. The molecule has 0 saturated heterocycles. The molecular formula is C12H19N5O2. The first-order chi connectivity index (χ1) is 9.22. The second-order valence-electron chi connectivity index (χ2n) is 4.05. The van der Waals surface area contributed by atoms with Gasteiger partial charge in [0, 0.05) is 19.3 Å². The molecule has 0 fully saturated rings. The maximum absolute atomic E-state index is 11.5. The van der Waals surface area contributed by atoms with Crippen LogP contribution in [0.25, 0.3) is 0 Å². The van der Waals surface area contributed by atoms with Gasteiger partial charge < -0.3 is 10.6 Å². The van der Waals surface area contributed by atoms with Crippen LogP contribution in [0.15, 0.2) is 18.9 Å². The number of amides is 2. The highest BCUT2D eigenvalue weighted by Gasteiger charge is 2.04. The molecule has 1 aromatic heterocycles. The molecular weight excluding hydrogens is 246 g/mol. The first-order valence-electron chi connectivity index (χ1n) is 6.24. The molecule has 1 heterocycles. The maximum atomic E-state index is 11.5. The van der Waals surface area contributed by atoms with Crippen LogP contribution in [0.3, 0.4) is 0 Å². The number of aromatic nitrogens is 3. The van der Waals surface area contributed by atoms with Crippen LogP contribution in [0.5, 0.6) is 0 Å². The van der Waals surface area contributed by atoms with Gasteiger partial charge in [0.25, 0.3) is 0 Å². The quantitative estimate of drug-likeness (QED) is 0.430. The average Bonchev–Trinajstić information content (AvgIpc) is 2.90. The Morgan fingerprint density at radius 2 is 2.00 bits per heavy atom. The van der Waals surface area contributed by atoms with Crippen LogP contribution in [0.2, 0.25) is 0 Å². The summed E-state index contributed by atoms with van der Waals surface area (Å²) in [7, 11) is 0. The molecule has 0 bridgehead atoms. The molecule has 0 spiro atoms. The molecule has 3 N–H and O–H groups in total. The Morgan fingerprint density at radius 3 is 2.63 bits per heavy atom. The fourth-order valence-electron chi connectivity index (χ4n) is 1.48. The number of unbranched alkanes of at least 4 members (excludes halogenated alkanes) is 2. The van der Waals surface area contributed by atoms with Gasteiger partial charge in [-0.05, 0) is 25.3 Å². The summed E-state index contributed by atoms with van der Waals surface area (Å²) < 4.78 is 0. The Kier molecular flexibility index (Phi) is 6.93. The molecule has 1 rings (SSSR count). The molecule has 7 heteroatoms. The number of rotatable bonds is 9. The van der Waals surface area contributed by atoms with Crippen molar-refractivity contribution in [3.63, 3.8) is 0 Å². The molecule has 1 aromatic rings. The van der Waals surface area contributed by atoms with Crippen molar-refractivity contribution in [3.05, 3.63) is 24.5 Å². The zero-order chi connectivity index (χ0) is 13.9. The van der Waals surface area contributed by atoms with Crippen LogP contribution in [0.4, 0.5) is 0 Å². The van der Waals surface area contributed by atoms with Gasteiger partial charge in [-0.15, -0.1) is 5.10 Å². The number of aromatic amines is 1. The van der Waals surface area contributed by atoms with Crippen molar-refractivity contribution >= 4 is 11.8 Å². The van der Waals surface area contributed by atoms with Crippen LogP contribution < -0.4 is 10.6 Å². The first-order valence-corrected chi connectivity index (χ1v) is 6.24. The van der Waals surface area contributed by atoms with Gasteiger partial charge in [-0.25, -0.2) is 0 Å². The lowest BCUT2D eigenvalue weighted by Crippen LogP contribution is -2.26. The molecule has 104 valence electrons. The highest BCUT2D eigenvalue weighted by molar-refractivity contribution is 5.86. The lowest BCUT2D eigenvalue weighted by atomic mass is 10.2. The molecule has 19 heavy (non-hydrogen) atoms. The summed E-state index contributed by atoms with van der Waals surface area (Å²) in [4.78, 5) is 22.3. The Labute approximate surface area is 111 Å². The van der Waals surface area contributed by atoms with Crippen molar-refractivity contribution < 1.29 is 9.59 Å². The molecule has 0 unspecified atom stereocenters. The van der Waals surface area contributed by atoms with E-state index in [4.69, 9.17) is 0 Å². The lowest BCUT2D eigenvalue weighted by molar-refractivity contribution is -0.120. The normalized spacial score (nSPS) is 9.89. The summed E-state index contributed by atoms with van der Waals surface area (Å²) in [6.07, 6.45) is 5.81. The number of carbonyl (C=O) groups is 2. The van der Waals surface area contributed by atoms with Crippen LogP contribution in [-0.2, 0) is 16.0 Å². The maximum Gasteiger partial charge on any atom is 0.243 e. The number of nitrogens with zero attached hydrogens (tertiary/aromatic N) is 2. The van der Waals surface area contributed by atoms with Crippen molar-refractivity contribution in [2.45, 2.75) is 25.7 Å². The predicted octanol–water partition coefficient (Wildman–Crippen LogP) is -0.0641. The molecule has 0 aliphatic rings. The minimum absolute atomic E-state index is 0.0612. The number of hydrogen-bond acceptors (Lipinski definition) is 4. The smallest absolute Gasteiger partial charge is 0.243 e. The van der Waals surface area contributed by atoms with E-state index in [-0.39, 0.29) is 18.2 Å². The summed E-state index contributed by atoms with van der Waals surface area (Å²) in [5.41, 5.74) is 0.629. The van der Waals surface area contributed by atoms with Crippen molar-refractivity contribution in [1.82, 2.24) is 26.0 Å². The molecule has 0 saturated carbocycles. The minimum atomic E-state index is -0.152. The van der Waals surface area contributed by atoms with Gasteiger partial charge in [-0.2, -0.15) is 0 Å². The molecule has 0 aliphatic heterocycles. The Hall–Kier alpha value is -2.18. The van der Waals surface area contributed by atoms with E-state index in [1.165, 1.54) is 6.08 Å². The summed E-state index contributed by atoms with van der Waals surface area (Å²) in [6.45, 7) is 4.64. The standard InChI is InChI=1S/C12H19N5O2/c1-2-11(18)13-6-4-3-5-7-14-12(19)8-10-9-15-17-16-10/h2,9H,1,3-8H2,(H,13,18)(H,14,19)(H,15,16,17). The van der Waals surface area contributed by atoms with Gasteiger partial charge in [0.05, 0.1) is 12.1 Å². The Bertz CT molecular complexity index is 402. The van der Waals surface area contributed by atoms with Crippen LogP contribution in [0, 0.1) is 0 Å². The van der Waals surface area contributed by atoms with Gasteiger partial charge in [0.2, 0.25) is 11.8 Å². The van der Waals surface area contributed by atoms with Crippen molar-refractivity contribution in [2.24, 2.45) is 0 Å². The highest BCUT2D eigenvalue weighted by atomic mass is 16.2. The van der Waals surface area contributed by atoms with Gasteiger partial charge >= 0.3 is 0 Å². The van der Waals surface area contributed by atoms with E-state index in [1.54, 1.807) is 6.20 Å². The third-order valence-electron chi connectivity index (χ3n) is 2.47. The second-order valence-corrected chi connectivity index (χ2v) is 4.05. The summed E-state index contributed by atoms with van der Waals surface area (Å²) in [5.74, 6) is -0.213. The van der Waals surface area contributed by atoms with Crippen molar-refractivity contribution in [3.8, 4) is 0 Å².